The molecule has 4 aliphatic rings. The van der Waals surface area contributed by atoms with Gasteiger partial charge < -0.3 is 18.9 Å². The second kappa shape index (κ2) is 4.81. The van der Waals surface area contributed by atoms with E-state index in [-0.39, 0.29) is 24.5 Å². The maximum atomic E-state index is 12.6. The average molecular weight is 329 g/mol. The van der Waals surface area contributed by atoms with Crippen molar-refractivity contribution in [1.29, 1.82) is 0 Å². The Morgan fingerprint density at radius 1 is 1.21 bits per heavy atom. The number of hydrogen-bond donors (Lipinski definition) is 0. The molecule has 1 aliphatic carbocycles. The molecule has 3 heterocycles. The van der Waals surface area contributed by atoms with Crippen LogP contribution in [0.2, 0.25) is 0 Å². The first-order chi connectivity index (χ1) is 11.6. The Hall–Kier alpha value is -1.89. The van der Waals surface area contributed by atoms with Gasteiger partial charge in [0.05, 0.1) is 0 Å². The van der Waals surface area contributed by atoms with Crippen LogP contribution in [0.15, 0.2) is 23.8 Å². The van der Waals surface area contributed by atoms with Crippen molar-refractivity contribution in [3.8, 4) is 11.5 Å². The van der Waals surface area contributed by atoms with Crippen LogP contribution in [0.4, 0.5) is 0 Å². The number of fused-ring (bicyclic) bond motifs is 8. The Morgan fingerprint density at radius 3 is 2.71 bits per heavy atom. The molecule has 126 valence electrons. The molecule has 0 aromatic heterocycles. The zero-order valence-electron chi connectivity index (χ0n) is 13.7. The zero-order chi connectivity index (χ0) is 16.5. The van der Waals surface area contributed by atoms with E-state index in [9.17, 15) is 4.79 Å². The van der Waals surface area contributed by atoms with Crippen LogP contribution >= 0.6 is 0 Å². The predicted molar refractivity (Wildman–Crippen MR) is 84.0 cm³/mol. The summed E-state index contributed by atoms with van der Waals surface area (Å²) >= 11 is 0. The quantitative estimate of drug-likeness (QED) is 0.607. The van der Waals surface area contributed by atoms with Crippen molar-refractivity contribution in [3.05, 3.63) is 34.9 Å². The van der Waals surface area contributed by atoms with E-state index in [1.54, 1.807) is 0 Å². The molecule has 3 atom stereocenters. The highest BCUT2D eigenvalue weighted by atomic mass is 16.7. The maximum Gasteiger partial charge on any atom is 0.249 e. The van der Waals surface area contributed by atoms with E-state index < -0.39 is 5.79 Å². The normalized spacial score (nSPS) is 31.5. The molecule has 1 saturated heterocycles. The van der Waals surface area contributed by atoms with Crippen molar-refractivity contribution in [3.63, 3.8) is 0 Å². The molecule has 0 saturated carbocycles. The van der Waals surface area contributed by atoms with Gasteiger partial charge in [0.15, 0.2) is 17.3 Å². The number of nitrogens with zero attached hydrogens (tertiary/aromatic N) is 1. The molecule has 0 radical (unpaired) electrons. The SMILES string of the molecule is COC1(OC)C=C2[C@H]3CN(Cc4cc5c(cc43)OCO5)[C@H]2CC1=O. The number of benzene rings is 1. The summed E-state index contributed by atoms with van der Waals surface area (Å²) in [5, 5.41) is 0. The largest absolute Gasteiger partial charge is 0.454 e. The summed E-state index contributed by atoms with van der Waals surface area (Å²) in [5.41, 5.74) is 3.73. The molecule has 6 nitrogen and oxygen atoms in total. The van der Waals surface area contributed by atoms with Gasteiger partial charge in [-0.2, -0.15) is 0 Å². The van der Waals surface area contributed by atoms with Crippen molar-refractivity contribution in [1.82, 2.24) is 4.90 Å². The van der Waals surface area contributed by atoms with Gasteiger partial charge in [0.2, 0.25) is 12.6 Å². The molecule has 5 rings (SSSR count). The standard InChI is InChI=1S/C18H19NO5/c1-21-18(22-2)6-12-13-8-19(14(12)5-17(18)20)7-10-3-15-16(4-11(10)13)24-9-23-15/h3-4,6,13-14H,5,7-9H2,1-2H3/t13-,14-/m0/s1. The molecule has 0 N–H and O–H groups in total. The van der Waals surface area contributed by atoms with Crippen LogP contribution in [0.1, 0.15) is 23.5 Å². The van der Waals surface area contributed by atoms with Crippen LogP contribution in [-0.2, 0) is 20.8 Å². The minimum atomic E-state index is -1.25. The third kappa shape index (κ3) is 1.73. The fourth-order valence-corrected chi connectivity index (χ4v) is 4.53. The number of ketones is 1. The average Bonchev–Trinajstić information content (AvgIpc) is 3.16. The summed E-state index contributed by atoms with van der Waals surface area (Å²) < 4.78 is 22.0. The third-order valence-corrected chi connectivity index (χ3v) is 5.76. The van der Waals surface area contributed by atoms with Gasteiger partial charge in [0.25, 0.3) is 0 Å². The van der Waals surface area contributed by atoms with Gasteiger partial charge in [0, 0.05) is 45.7 Å². The Balaban J connectivity index is 1.63. The third-order valence-electron chi connectivity index (χ3n) is 5.76. The summed E-state index contributed by atoms with van der Waals surface area (Å²) in [5.74, 6) is 0.592. The minimum absolute atomic E-state index is 0.0213. The van der Waals surface area contributed by atoms with E-state index in [1.165, 1.54) is 30.9 Å². The second-order valence-corrected chi connectivity index (χ2v) is 6.75. The fraction of sp³-hybridized carbons (Fsp3) is 0.500. The van der Waals surface area contributed by atoms with E-state index in [2.05, 4.69) is 17.0 Å². The van der Waals surface area contributed by atoms with Crippen molar-refractivity contribution in [2.75, 3.05) is 27.6 Å². The molecule has 24 heavy (non-hydrogen) atoms. The Kier molecular flexibility index (Phi) is 2.90. The molecule has 6 heteroatoms. The van der Waals surface area contributed by atoms with Crippen LogP contribution in [0, 0.1) is 0 Å². The van der Waals surface area contributed by atoms with E-state index in [1.807, 2.05) is 6.08 Å². The zero-order valence-corrected chi connectivity index (χ0v) is 13.7. The number of ether oxygens (including phenoxy) is 4. The molecule has 3 aliphatic heterocycles. The Morgan fingerprint density at radius 2 is 1.96 bits per heavy atom. The van der Waals surface area contributed by atoms with Crippen LogP contribution in [-0.4, -0.2) is 50.1 Å². The number of methoxy groups -OCH3 is 2. The van der Waals surface area contributed by atoms with Crippen molar-refractivity contribution >= 4 is 5.78 Å². The highest BCUT2D eigenvalue weighted by Crippen LogP contribution is 2.50. The number of carbonyl (C=O) groups is 1. The van der Waals surface area contributed by atoms with Crippen LogP contribution in [0.3, 0.4) is 0 Å². The van der Waals surface area contributed by atoms with Gasteiger partial charge in [-0.15, -0.1) is 0 Å². The second-order valence-electron chi connectivity index (χ2n) is 6.75. The van der Waals surface area contributed by atoms with Gasteiger partial charge in [-0.1, -0.05) is 0 Å². The van der Waals surface area contributed by atoms with E-state index in [0.29, 0.717) is 6.42 Å². The lowest BCUT2D eigenvalue weighted by Gasteiger charge is -2.34. The summed E-state index contributed by atoms with van der Waals surface area (Å²) in [6.45, 7) is 2.02. The molecule has 1 aromatic carbocycles. The van der Waals surface area contributed by atoms with Gasteiger partial charge in [0.1, 0.15) is 0 Å². The lowest BCUT2D eigenvalue weighted by atomic mass is 9.81. The van der Waals surface area contributed by atoms with Crippen LogP contribution in [0.5, 0.6) is 11.5 Å². The summed E-state index contributed by atoms with van der Waals surface area (Å²) in [6, 6.07) is 4.31. The molecule has 1 fully saturated rings. The van der Waals surface area contributed by atoms with Crippen molar-refractivity contribution < 1.29 is 23.7 Å². The lowest BCUT2D eigenvalue weighted by molar-refractivity contribution is -0.188. The Labute approximate surface area is 139 Å². The lowest BCUT2D eigenvalue weighted by Crippen LogP contribution is -2.48. The van der Waals surface area contributed by atoms with Crippen LogP contribution in [0.25, 0.3) is 0 Å². The van der Waals surface area contributed by atoms with Crippen molar-refractivity contribution in [2.45, 2.75) is 30.7 Å². The number of hydrogen-bond acceptors (Lipinski definition) is 6. The first kappa shape index (κ1) is 14.5. The molecule has 0 amide bonds. The fourth-order valence-electron chi connectivity index (χ4n) is 4.53. The first-order valence-corrected chi connectivity index (χ1v) is 8.18. The molecule has 0 spiro atoms. The first-order valence-electron chi connectivity index (χ1n) is 8.18. The highest BCUT2D eigenvalue weighted by molar-refractivity contribution is 5.91. The topological polar surface area (TPSA) is 57.2 Å². The monoisotopic (exact) mass is 329 g/mol. The Bertz CT molecular complexity index is 767. The molecular formula is C18H19NO5. The van der Waals surface area contributed by atoms with Crippen molar-refractivity contribution in [2.24, 2.45) is 0 Å². The summed E-state index contributed by atoms with van der Waals surface area (Å²) in [6.07, 6.45) is 2.32. The molecule has 1 aromatic rings. The van der Waals surface area contributed by atoms with Gasteiger partial charge >= 0.3 is 0 Å². The van der Waals surface area contributed by atoms with Gasteiger partial charge in [-0.05, 0) is 34.9 Å². The van der Waals surface area contributed by atoms with E-state index in [4.69, 9.17) is 18.9 Å². The maximum absolute atomic E-state index is 12.6. The molecule has 1 unspecified atom stereocenters. The van der Waals surface area contributed by atoms with Gasteiger partial charge in [-0.25, -0.2) is 0 Å². The predicted octanol–water partition coefficient (Wildman–Crippen LogP) is 1.58. The van der Waals surface area contributed by atoms with E-state index >= 15 is 0 Å². The molecular weight excluding hydrogens is 310 g/mol. The summed E-state index contributed by atoms with van der Waals surface area (Å²) in [7, 11) is 3.04. The minimum Gasteiger partial charge on any atom is -0.454 e. The number of carbonyl (C=O) groups excluding carboxylic acids is 1. The number of Topliss-reactive ketones (excluding diaryl/α,β-unsaturated/α-hetero) is 1. The van der Waals surface area contributed by atoms with Crippen LogP contribution < -0.4 is 9.47 Å². The van der Waals surface area contributed by atoms with Gasteiger partial charge in [-0.3, -0.25) is 9.69 Å². The highest BCUT2D eigenvalue weighted by Gasteiger charge is 2.51. The van der Waals surface area contributed by atoms with E-state index in [0.717, 1.165) is 24.6 Å². The number of rotatable bonds is 2. The summed E-state index contributed by atoms with van der Waals surface area (Å²) in [4.78, 5) is 15.0. The molecule has 2 bridgehead atoms. The smallest absolute Gasteiger partial charge is 0.249 e.